The van der Waals surface area contributed by atoms with Gasteiger partial charge in [0.2, 0.25) is 0 Å². The molecule has 0 spiro atoms. The number of alkyl halides is 3. The Morgan fingerprint density at radius 1 is 1.03 bits per heavy atom. The average Bonchev–Trinajstić information content (AvgIpc) is 2.97. The van der Waals surface area contributed by atoms with Gasteiger partial charge in [-0.05, 0) is 25.5 Å². The summed E-state index contributed by atoms with van der Waals surface area (Å²) in [5.74, 6) is -0.117. The summed E-state index contributed by atoms with van der Waals surface area (Å²) >= 11 is 0. The molecular weight excluding hydrogens is 391 g/mol. The Morgan fingerprint density at radius 2 is 1.67 bits per heavy atom. The predicted molar refractivity (Wildman–Crippen MR) is 113 cm³/mol. The summed E-state index contributed by atoms with van der Waals surface area (Å²) in [5, 5.41) is 0. The highest BCUT2D eigenvalue weighted by Gasteiger charge is 2.30. The quantitative estimate of drug-likeness (QED) is 0.631. The highest BCUT2D eigenvalue weighted by molar-refractivity contribution is 5.99. The third kappa shape index (κ3) is 6.06. The van der Waals surface area contributed by atoms with Crippen molar-refractivity contribution in [3.05, 3.63) is 65.0 Å². The molecule has 4 nitrogen and oxygen atoms in total. The Labute approximate surface area is 175 Å². The van der Waals surface area contributed by atoms with Crippen LogP contribution in [0.5, 0.6) is 0 Å². The number of carbonyl (C=O) groups is 1. The molecule has 0 unspecified atom stereocenters. The first kappa shape index (κ1) is 22.3. The molecule has 0 amide bonds. The van der Waals surface area contributed by atoms with Crippen LogP contribution in [0.4, 0.5) is 13.2 Å². The number of Topliss-reactive ketones (excluding diaryl/α,β-unsaturated/α-hetero) is 1. The molecule has 7 heteroatoms. The van der Waals surface area contributed by atoms with Crippen molar-refractivity contribution in [3.63, 3.8) is 0 Å². The van der Waals surface area contributed by atoms with Gasteiger partial charge in [-0.3, -0.25) is 14.6 Å². The molecule has 162 valence electrons. The number of hydrogen-bond donors (Lipinski definition) is 0. The Bertz CT molecular complexity index is 879. The van der Waals surface area contributed by atoms with Crippen LogP contribution in [-0.2, 0) is 6.54 Å². The lowest BCUT2D eigenvalue weighted by atomic mass is 10.1. The summed E-state index contributed by atoms with van der Waals surface area (Å²) in [6, 6.07) is 11.7. The molecule has 2 aromatic rings. The van der Waals surface area contributed by atoms with Crippen molar-refractivity contribution in [1.82, 2.24) is 14.4 Å². The molecule has 1 saturated heterocycles. The number of rotatable bonds is 7. The van der Waals surface area contributed by atoms with Gasteiger partial charge >= 0.3 is 6.18 Å². The molecule has 2 heterocycles. The number of ketones is 1. The molecule has 0 aliphatic carbocycles. The molecule has 0 atom stereocenters. The van der Waals surface area contributed by atoms with Gasteiger partial charge in [0.1, 0.15) is 6.54 Å². The minimum absolute atomic E-state index is 0.117. The topological polar surface area (TPSA) is 28.5 Å². The van der Waals surface area contributed by atoms with E-state index < -0.39 is 12.7 Å². The van der Waals surface area contributed by atoms with Crippen LogP contribution in [0.15, 0.2) is 42.5 Å². The highest BCUT2D eigenvalue weighted by atomic mass is 19.4. The van der Waals surface area contributed by atoms with Crippen LogP contribution in [0.1, 0.15) is 27.3 Å². The van der Waals surface area contributed by atoms with Gasteiger partial charge < -0.3 is 4.57 Å². The first-order valence-electron chi connectivity index (χ1n) is 10.2. The molecule has 1 aliphatic heterocycles. The van der Waals surface area contributed by atoms with E-state index >= 15 is 0 Å². The summed E-state index contributed by atoms with van der Waals surface area (Å²) in [7, 11) is 0. The number of benzene rings is 1. The SMILES string of the molecule is Cc1cc(C(=O)CN2CCN(C/C=C/c3ccccc3)CC2)c(C)n1CC(F)(F)F. The van der Waals surface area contributed by atoms with Gasteiger partial charge in [0.15, 0.2) is 5.78 Å². The van der Waals surface area contributed by atoms with Crippen molar-refractivity contribution < 1.29 is 18.0 Å². The molecule has 30 heavy (non-hydrogen) atoms. The Kier molecular flexibility index (Phi) is 7.15. The lowest BCUT2D eigenvalue weighted by molar-refractivity contribution is -0.141. The Balaban J connectivity index is 1.50. The van der Waals surface area contributed by atoms with Crippen molar-refractivity contribution in [2.24, 2.45) is 0 Å². The van der Waals surface area contributed by atoms with Crippen molar-refractivity contribution >= 4 is 11.9 Å². The number of nitrogens with zero attached hydrogens (tertiary/aromatic N) is 3. The fourth-order valence-corrected chi connectivity index (χ4v) is 3.83. The third-order valence-electron chi connectivity index (χ3n) is 5.52. The van der Waals surface area contributed by atoms with E-state index in [4.69, 9.17) is 0 Å². The van der Waals surface area contributed by atoms with Crippen LogP contribution in [0.25, 0.3) is 6.08 Å². The molecule has 1 aliphatic rings. The van der Waals surface area contributed by atoms with Crippen LogP contribution < -0.4 is 0 Å². The van der Waals surface area contributed by atoms with Gasteiger partial charge in [-0.25, -0.2) is 0 Å². The lowest BCUT2D eigenvalue weighted by Crippen LogP contribution is -2.47. The number of halogens is 3. The fraction of sp³-hybridized carbons (Fsp3) is 0.435. The van der Waals surface area contributed by atoms with Gasteiger partial charge in [0.05, 0.1) is 6.54 Å². The fourth-order valence-electron chi connectivity index (χ4n) is 3.83. The van der Waals surface area contributed by atoms with Crippen molar-refractivity contribution in [2.45, 2.75) is 26.6 Å². The summed E-state index contributed by atoms with van der Waals surface area (Å²) < 4.78 is 39.5. The van der Waals surface area contributed by atoms with Crippen molar-refractivity contribution in [2.75, 3.05) is 39.3 Å². The molecule has 1 aromatic carbocycles. The number of aryl methyl sites for hydroxylation is 1. The average molecular weight is 419 g/mol. The predicted octanol–water partition coefficient (Wildman–Crippen LogP) is 4.18. The van der Waals surface area contributed by atoms with E-state index in [-0.39, 0.29) is 12.3 Å². The summed E-state index contributed by atoms with van der Waals surface area (Å²) in [5.41, 5.74) is 2.41. The Morgan fingerprint density at radius 3 is 2.30 bits per heavy atom. The van der Waals surface area contributed by atoms with Crippen LogP contribution >= 0.6 is 0 Å². The number of hydrogen-bond acceptors (Lipinski definition) is 3. The second kappa shape index (κ2) is 9.62. The first-order chi connectivity index (χ1) is 14.2. The maximum absolute atomic E-state index is 12.8. The van der Waals surface area contributed by atoms with Gasteiger partial charge in [0, 0.05) is 49.7 Å². The summed E-state index contributed by atoms with van der Waals surface area (Å²) in [4.78, 5) is 17.1. The van der Waals surface area contributed by atoms with Crippen LogP contribution in [0, 0.1) is 13.8 Å². The van der Waals surface area contributed by atoms with Gasteiger partial charge in [-0.1, -0.05) is 42.5 Å². The molecule has 3 rings (SSSR count). The zero-order valence-corrected chi connectivity index (χ0v) is 17.5. The van der Waals surface area contributed by atoms with E-state index in [1.807, 2.05) is 18.2 Å². The third-order valence-corrected chi connectivity index (χ3v) is 5.52. The van der Waals surface area contributed by atoms with Crippen molar-refractivity contribution in [1.29, 1.82) is 0 Å². The number of carbonyl (C=O) groups excluding carboxylic acids is 1. The summed E-state index contributed by atoms with van der Waals surface area (Å²) in [6.07, 6.45) is -0.0571. The van der Waals surface area contributed by atoms with E-state index in [9.17, 15) is 18.0 Å². The number of piperazine rings is 1. The second-order valence-electron chi connectivity index (χ2n) is 7.80. The molecule has 0 saturated carbocycles. The van der Waals surface area contributed by atoms with Crippen LogP contribution in [0.2, 0.25) is 0 Å². The zero-order chi connectivity index (χ0) is 21.7. The smallest absolute Gasteiger partial charge is 0.339 e. The van der Waals surface area contributed by atoms with Crippen LogP contribution in [-0.4, -0.2) is 65.6 Å². The Hall–Kier alpha value is -2.38. The normalized spacial score (nSPS) is 16.4. The largest absolute Gasteiger partial charge is 0.406 e. The zero-order valence-electron chi connectivity index (χ0n) is 17.5. The monoisotopic (exact) mass is 419 g/mol. The maximum Gasteiger partial charge on any atom is 0.406 e. The minimum atomic E-state index is -4.31. The van der Waals surface area contributed by atoms with E-state index in [0.717, 1.165) is 32.7 Å². The van der Waals surface area contributed by atoms with Gasteiger partial charge in [-0.2, -0.15) is 13.2 Å². The standard InChI is InChI=1S/C23H28F3N3O/c1-18-15-21(19(2)29(18)17-23(24,25)26)22(30)16-28-13-11-27(12-14-28)10-6-9-20-7-4-3-5-8-20/h3-9,15H,10-14,16-17H2,1-2H3/b9-6+. The maximum atomic E-state index is 12.8. The van der Waals surface area contributed by atoms with E-state index in [0.29, 0.717) is 17.0 Å². The summed E-state index contributed by atoms with van der Waals surface area (Å²) in [6.45, 7) is 6.49. The second-order valence-corrected chi connectivity index (χ2v) is 7.80. The molecular formula is C23H28F3N3O. The highest BCUT2D eigenvalue weighted by Crippen LogP contribution is 2.23. The number of aromatic nitrogens is 1. The molecule has 1 aromatic heterocycles. The van der Waals surface area contributed by atoms with Crippen LogP contribution in [0.3, 0.4) is 0 Å². The molecule has 0 N–H and O–H groups in total. The minimum Gasteiger partial charge on any atom is -0.339 e. The van der Waals surface area contributed by atoms with E-state index in [1.54, 1.807) is 19.9 Å². The van der Waals surface area contributed by atoms with Crippen molar-refractivity contribution in [3.8, 4) is 0 Å². The van der Waals surface area contributed by atoms with E-state index in [1.165, 1.54) is 10.1 Å². The molecule has 0 bridgehead atoms. The molecule has 1 fully saturated rings. The van der Waals surface area contributed by atoms with E-state index in [2.05, 4.69) is 34.1 Å². The van der Waals surface area contributed by atoms with Gasteiger partial charge in [-0.15, -0.1) is 0 Å². The lowest BCUT2D eigenvalue weighted by Gasteiger charge is -2.33. The first-order valence-corrected chi connectivity index (χ1v) is 10.2. The van der Waals surface area contributed by atoms with Gasteiger partial charge in [0.25, 0.3) is 0 Å². The molecule has 0 radical (unpaired) electrons.